The molecule has 3 aromatic rings. The molecule has 1 unspecified atom stereocenters. The number of para-hydroxylation sites is 1. The van der Waals surface area contributed by atoms with Crippen LogP contribution < -0.4 is 16.7 Å². The largest absolute Gasteiger partial charge is 0.335 e. The molecule has 0 aliphatic heterocycles. The fourth-order valence-corrected chi connectivity index (χ4v) is 2.43. The number of benzene rings is 2. The van der Waals surface area contributed by atoms with Crippen LogP contribution in [-0.4, -0.2) is 9.66 Å². The molecule has 5 heteroatoms. The fourth-order valence-electron chi connectivity index (χ4n) is 2.43. The number of hydrogen-bond donors (Lipinski definition) is 2. The predicted octanol–water partition coefficient (Wildman–Crippen LogP) is 1.96. The quantitative estimate of drug-likeness (QED) is 0.721. The Balaban J connectivity index is 1.89. The number of nitrogens with two attached hydrogens (primary N) is 1. The third kappa shape index (κ3) is 2.71. The molecule has 0 aliphatic carbocycles. The maximum atomic E-state index is 12.3. The van der Waals surface area contributed by atoms with Crippen LogP contribution in [0.25, 0.3) is 10.9 Å². The van der Waals surface area contributed by atoms with Crippen molar-refractivity contribution >= 4 is 10.9 Å². The lowest BCUT2D eigenvalue weighted by Crippen LogP contribution is -2.35. The van der Waals surface area contributed by atoms with Crippen molar-refractivity contribution in [1.29, 1.82) is 0 Å². The Hall–Kier alpha value is -2.66. The lowest BCUT2D eigenvalue weighted by molar-refractivity contribution is 0.527. The van der Waals surface area contributed by atoms with E-state index < -0.39 is 0 Å². The number of hydrogen-bond acceptors (Lipinski definition) is 4. The summed E-state index contributed by atoms with van der Waals surface area (Å²) in [4.78, 5) is 16.8. The normalized spacial score (nSPS) is 12.4. The van der Waals surface area contributed by atoms with Gasteiger partial charge in [-0.05, 0) is 24.6 Å². The lowest BCUT2D eigenvalue weighted by atomic mass is 10.2. The van der Waals surface area contributed by atoms with Crippen molar-refractivity contribution in [3.8, 4) is 0 Å². The highest BCUT2D eigenvalue weighted by molar-refractivity contribution is 5.77. The van der Waals surface area contributed by atoms with Gasteiger partial charge < -0.3 is 11.2 Å². The van der Waals surface area contributed by atoms with Gasteiger partial charge >= 0.3 is 0 Å². The second-order valence-corrected chi connectivity index (χ2v) is 5.25. The molecule has 112 valence electrons. The van der Waals surface area contributed by atoms with Crippen LogP contribution in [0.2, 0.25) is 0 Å². The Kier molecular flexibility index (Phi) is 3.89. The molecular formula is C17H18N4O. The summed E-state index contributed by atoms with van der Waals surface area (Å²) >= 11 is 0. The average molecular weight is 294 g/mol. The fraction of sp³-hybridized carbons (Fsp3) is 0.176. The van der Waals surface area contributed by atoms with Crippen LogP contribution in [0.4, 0.5) is 0 Å². The summed E-state index contributed by atoms with van der Waals surface area (Å²) in [5.41, 5.74) is 1.60. The van der Waals surface area contributed by atoms with Crippen molar-refractivity contribution in [3.63, 3.8) is 0 Å². The Labute approximate surface area is 128 Å². The molecule has 3 rings (SSSR count). The van der Waals surface area contributed by atoms with Crippen molar-refractivity contribution in [3.05, 3.63) is 76.3 Å². The highest BCUT2D eigenvalue weighted by Crippen LogP contribution is 2.12. The summed E-state index contributed by atoms with van der Waals surface area (Å²) in [7, 11) is 0. The van der Waals surface area contributed by atoms with Gasteiger partial charge in [-0.1, -0.05) is 42.5 Å². The minimum atomic E-state index is -0.228. The van der Waals surface area contributed by atoms with Gasteiger partial charge in [-0.3, -0.25) is 4.79 Å². The first-order valence-electron chi connectivity index (χ1n) is 7.21. The van der Waals surface area contributed by atoms with Gasteiger partial charge in [-0.15, -0.1) is 0 Å². The molecule has 0 fully saturated rings. The molecule has 0 saturated carbocycles. The Bertz CT molecular complexity index is 842. The number of nitrogen functional groups attached to an aromatic ring is 1. The maximum absolute atomic E-state index is 12.3. The van der Waals surface area contributed by atoms with Gasteiger partial charge in [0.1, 0.15) is 5.82 Å². The van der Waals surface area contributed by atoms with Crippen LogP contribution in [0.3, 0.4) is 0 Å². The van der Waals surface area contributed by atoms with E-state index in [-0.39, 0.29) is 11.6 Å². The Morgan fingerprint density at radius 3 is 2.59 bits per heavy atom. The van der Waals surface area contributed by atoms with Crippen LogP contribution in [0.1, 0.15) is 24.4 Å². The maximum Gasteiger partial charge on any atom is 0.279 e. The number of nitrogens with one attached hydrogen (secondary N) is 1. The molecule has 22 heavy (non-hydrogen) atoms. The molecule has 2 aromatic carbocycles. The molecule has 0 aliphatic rings. The molecule has 0 radical (unpaired) electrons. The summed E-state index contributed by atoms with van der Waals surface area (Å²) in [5.74, 6) is 6.45. The zero-order valence-electron chi connectivity index (χ0n) is 12.4. The zero-order valence-corrected chi connectivity index (χ0v) is 12.4. The van der Waals surface area contributed by atoms with E-state index in [0.29, 0.717) is 23.3 Å². The molecular weight excluding hydrogens is 276 g/mol. The monoisotopic (exact) mass is 294 g/mol. The molecule has 1 atom stereocenters. The first-order chi connectivity index (χ1) is 10.7. The molecule has 1 aromatic heterocycles. The minimum absolute atomic E-state index is 0.137. The predicted molar refractivity (Wildman–Crippen MR) is 87.9 cm³/mol. The zero-order chi connectivity index (χ0) is 15.5. The van der Waals surface area contributed by atoms with E-state index in [1.807, 2.05) is 55.5 Å². The first-order valence-corrected chi connectivity index (χ1v) is 7.21. The van der Waals surface area contributed by atoms with E-state index in [2.05, 4.69) is 10.3 Å². The highest BCUT2D eigenvalue weighted by Gasteiger charge is 2.14. The van der Waals surface area contributed by atoms with E-state index in [1.165, 1.54) is 5.56 Å². The van der Waals surface area contributed by atoms with Crippen molar-refractivity contribution < 1.29 is 0 Å². The Morgan fingerprint density at radius 2 is 1.82 bits per heavy atom. The summed E-state index contributed by atoms with van der Waals surface area (Å²) < 4.78 is 1.13. The van der Waals surface area contributed by atoms with Crippen LogP contribution in [-0.2, 0) is 6.54 Å². The van der Waals surface area contributed by atoms with E-state index in [1.54, 1.807) is 6.07 Å². The van der Waals surface area contributed by atoms with Gasteiger partial charge in [0.2, 0.25) is 0 Å². The van der Waals surface area contributed by atoms with Crippen molar-refractivity contribution in [2.45, 2.75) is 19.5 Å². The van der Waals surface area contributed by atoms with Gasteiger partial charge in [-0.2, -0.15) is 0 Å². The van der Waals surface area contributed by atoms with E-state index in [4.69, 9.17) is 5.84 Å². The molecule has 0 amide bonds. The summed E-state index contributed by atoms with van der Waals surface area (Å²) in [6.07, 6.45) is 0. The highest BCUT2D eigenvalue weighted by atomic mass is 16.1. The summed E-state index contributed by atoms with van der Waals surface area (Å²) in [6.45, 7) is 2.63. The Morgan fingerprint density at radius 1 is 1.14 bits per heavy atom. The van der Waals surface area contributed by atoms with Crippen molar-refractivity contribution in [1.82, 2.24) is 15.0 Å². The van der Waals surface area contributed by atoms with Crippen LogP contribution in [0.15, 0.2) is 59.4 Å². The van der Waals surface area contributed by atoms with E-state index in [9.17, 15) is 4.79 Å². The molecule has 3 N–H and O–H groups in total. The molecule has 1 heterocycles. The number of nitrogens with zero attached hydrogens (tertiary/aromatic N) is 2. The van der Waals surface area contributed by atoms with E-state index in [0.717, 1.165) is 4.68 Å². The molecule has 5 nitrogen and oxygen atoms in total. The number of fused-ring (bicyclic) bond motifs is 1. The van der Waals surface area contributed by atoms with Gasteiger partial charge in [0.15, 0.2) is 0 Å². The standard InChI is InChI=1S/C17H18N4O/c1-12(19-11-13-7-3-2-4-8-13)16-20-15-10-6-5-9-14(15)17(22)21(16)18/h2-10,12,19H,11,18H2,1H3. The average Bonchev–Trinajstić information content (AvgIpc) is 2.57. The minimum Gasteiger partial charge on any atom is -0.335 e. The topological polar surface area (TPSA) is 72.9 Å². The first kappa shape index (κ1) is 14.3. The van der Waals surface area contributed by atoms with E-state index >= 15 is 0 Å². The second kappa shape index (κ2) is 5.99. The van der Waals surface area contributed by atoms with Crippen molar-refractivity contribution in [2.24, 2.45) is 0 Å². The molecule has 0 bridgehead atoms. The molecule has 0 saturated heterocycles. The summed E-state index contributed by atoms with van der Waals surface area (Å²) in [6, 6.07) is 17.2. The van der Waals surface area contributed by atoms with Crippen LogP contribution >= 0.6 is 0 Å². The third-order valence-corrected chi connectivity index (χ3v) is 3.68. The lowest BCUT2D eigenvalue weighted by Gasteiger charge is -2.16. The van der Waals surface area contributed by atoms with Crippen molar-refractivity contribution in [2.75, 3.05) is 5.84 Å². The van der Waals surface area contributed by atoms with Gasteiger partial charge in [-0.25, -0.2) is 9.66 Å². The number of aromatic nitrogens is 2. The van der Waals surface area contributed by atoms with Gasteiger partial charge in [0, 0.05) is 6.54 Å². The SMILES string of the molecule is CC(NCc1ccccc1)c1nc2ccccc2c(=O)n1N. The van der Waals surface area contributed by atoms with Gasteiger partial charge in [0.05, 0.1) is 16.9 Å². The van der Waals surface area contributed by atoms with Crippen LogP contribution in [0, 0.1) is 0 Å². The summed E-state index contributed by atoms with van der Waals surface area (Å²) in [5, 5.41) is 3.88. The molecule has 0 spiro atoms. The van der Waals surface area contributed by atoms with Gasteiger partial charge in [0.25, 0.3) is 5.56 Å². The number of rotatable bonds is 4. The second-order valence-electron chi connectivity index (χ2n) is 5.25. The smallest absolute Gasteiger partial charge is 0.279 e. The van der Waals surface area contributed by atoms with Crippen LogP contribution in [0.5, 0.6) is 0 Å². The third-order valence-electron chi connectivity index (χ3n) is 3.68.